The molecule has 0 radical (unpaired) electrons. The topological polar surface area (TPSA) is 100 Å². The van der Waals surface area contributed by atoms with Crippen molar-refractivity contribution in [3.8, 4) is 17.2 Å². The van der Waals surface area contributed by atoms with Gasteiger partial charge in [-0.25, -0.2) is 0 Å². The maximum absolute atomic E-state index is 13.2. The van der Waals surface area contributed by atoms with Crippen LogP contribution in [0, 0.1) is 0 Å². The Bertz CT molecular complexity index is 1290. The molecule has 2 atom stereocenters. The minimum atomic E-state index is -4.91. The molecule has 3 aliphatic rings. The van der Waals surface area contributed by atoms with Crippen LogP contribution in [0.15, 0.2) is 47.1 Å². The van der Waals surface area contributed by atoms with Crippen molar-refractivity contribution in [3.63, 3.8) is 0 Å². The molecule has 0 aromatic heterocycles. The molecule has 2 amide bonds. The molecule has 38 heavy (non-hydrogen) atoms. The smallest absolute Gasteiger partial charge is 0.471 e. The number of para-hydroxylation sites is 1. The van der Waals surface area contributed by atoms with Gasteiger partial charge in [0.25, 0.3) is 0 Å². The molecule has 2 aromatic rings. The van der Waals surface area contributed by atoms with E-state index in [1.807, 2.05) is 13.8 Å². The van der Waals surface area contributed by atoms with Crippen LogP contribution < -0.4 is 10.1 Å². The minimum absolute atomic E-state index is 0.0916. The molecular formula is C27H28F3N3O5. The molecule has 3 heterocycles. The summed E-state index contributed by atoms with van der Waals surface area (Å²) in [5, 5.41) is 16.8. The van der Waals surface area contributed by atoms with Gasteiger partial charge < -0.3 is 24.9 Å². The average molecular weight is 532 g/mol. The van der Waals surface area contributed by atoms with Gasteiger partial charge in [-0.3, -0.25) is 9.59 Å². The lowest BCUT2D eigenvalue weighted by molar-refractivity contribution is -0.189. The summed E-state index contributed by atoms with van der Waals surface area (Å²) in [6, 6.07) is 8.95. The average Bonchev–Trinajstić information content (AvgIpc) is 3.16. The largest absolute Gasteiger partial charge is 0.504 e. The number of piperidine rings is 1. The number of hydrogen-bond donors (Lipinski definition) is 2. The number of carbonyl (C=O) groups excluding carboxylic acids is 2. The van der Waals surface area contributed by atoms with Gasteiger partial charge >= 0.3 is 12.1 Å². The fourth-order valence-electron chi connectivity index (χ4n) is 5.43. The molecule has 202 valence electrons. The third-order valence-electron chi connectivity index (χ3n) is 6.79. The van der Waals surface area contributed by atoms with Gasteiger partial charge in [0, 0.05) is 28.8 Å². The predicted molar refractivity (Wildman–Crippen MR) is 134 cm³/mol. The summed E-state index contributed by atoms with van der Waals surface area (Å²) in [6.45, 7) is 4.00. The number of fused-ring (bicyclic) bond motifs is 4. The molecule has 0 spiro atoms. The zero-order valence-electron chi connectivity index (χ0n) is 21.1. The summed E-state index contributed by atoms with van der Waals surface area (Å²) in [5.74, 6) is -1.14. The Morgan fingerprint density at radius 3 is 2.45 bits per heavy atom. The number of phenolic OH excluding ortho intramolecular Hbond substituents is 1. The lowest BCUT2D eigenvalue weighted by Gasteiger charge is -2.38. The van der Waals surface area contributed by atoms with Crippen molar-refractivity contribution in [2.75, 3.05) is 7.11 Å². The molecular weight excluding hydrogens is 503 g/mol. The maximum atomic E-state index is 13.2. The highest BCUT2D eigenvalue weighted by Gasteiger charge is 2.51. The van der Waals surface area contributed by atoms with E-state index in [0.717, 1.165) is 16.0 Å². The number of amidine groups is 1. The zero-order chi connectivity index (χ0) is 27.6. The number of halogens is 3. The summed E-state index contributed by atoms with van der Waals surface area (Å²) in [7, 11) is 1.34. The normalized spacial score (nSPS) is 19.9. The number of nitrogens with zero attached hydrogens (tertiary/aromatic N) is 2. The first-order valence-electron chi connectivity index (χ1n) is 12.3. The van der Waals surface area contributed by atoms with E-state index in [1.165, 1.54) is 13.2 Å². The van der Waals surface area contributed by atoms with Gasteiger partial charge in [0.2, 0.25) is 6.41 Å². The lowest BCUT2D eigenvalue weighted by atomic mass is 9.83. The number of phenols is 1. The van der Waals surface area contributed by atoms with E-state index in [1.54, 1.807) is 30.3 Å². The minimum Gasteiger partial charge on any atom is -0.504 e. The van der Waals surface area contributed by atoms with Gasteiger partial charge in [0.1, 0.15) is 12.9 Å². The molecule has 8 nitrogen and oxygen atoms in total. The second-order valence-corrected chi connectivity index (χ2v) is 8.83. The molecule has 2 N–H and O–H groups in total. The van der Waals surface area contributed by atoms with E-state index >= 15 is 0 Å². The first-order chi connectivity index (χ1) is 18.2. The molecule has 11 heteroatoms. The second kappa shape index (κ2) is 10.8. The number of hydrogen-bond acceptors (Lipinski definition) is 6. The molecule has 0 saturated carbocycles. The third kappa shape index (κ3) is 4.80. The molecule has 5 rings (SSSR count). The van der Waals surface area contributed by atoms with Crippen molar-refractivity contribution in [1.29, 1.82) is 0 Å². The van der Waals surface area contributed by atoms with E-state index in [9.17, 15) is 27.9 Å². The van der Waals surface area contributed by atoms with Gasteiger partial charge in [-0.15, -0.1) is 0 Å². The number of alkyl halides is 3. The lowest BCUT2D eigenvalue weighted by Crippen LogP contribution is -2.50. The summed E-state index contributed by atoms with van der Waals surface area (Å²) >= 11 is 0. The van der Waals surface area contributed by atoms with Crippen molar-refractivity contribution < 1.29 is 37.4 Å². The maximum Gasteiger partial charge on any atom is 0.471 e. The van der Waals surface area contributed by atoms with Crippen molar-refractivity contribution in [3.05, 3.63) is 58.7 Å². The van der Waals surface area contributed by atoms with Crippen LogP contribution in [0.25, 0.3) is 5.57 Å². The third-order valence-corrected chi connectivity index (χ3v) is 6.79. The standard InChI is InChI=1S/C25H22F3N3O5.C2H6/c1-35-30-23(29-12-32)13-5-8-17-20(11-13)36-22-18(3-2-4-19(22)33)21(17)14-9-15-6-7-16(10-14)31(15)24(34)25(26,27)28;1-2/h2-5,8,11-12,15-16,33H,6-7,9-10H2,1H3,(H,29,30,32);1-2H3. The van der Waals surface area contributed by atoms with Crippen LogP contribution in [0.2, 0.25) is 0 Å². The monoisotopic (exact) mass is 531 g/mol. The van der Waals surface area contributed by atoms with Gasteiger partial charge in [-0.2, -0.15) is 13.2 Å². The molecule has 0 aliphatic carbocycles. The highest BCUT2D eigenvalue weighted by molar-refractivity contribution is 6.04. The van der Waals surface area contributed by atoms with Crippen LogP contribution in [0.3, 0.4) is 0 Å². The fraction of sp³-hybridized carbons (Fsp3) is 0.370. The summed E-state index contributed by atoms with van der Waals surface area (Å²) in [4.78, 5) is 28.9. The van der Waals surface area contributed by atoms with Crippen LogP contribution in [0.1, 0.15) is 56.2 Å². The molecule has 2 bridgehead atoms. The van der Waals surface area contributed by atoms with E-state index in [4.69, 9.17) is 9.57 Å². The van der Waals surface area contributed by atoms with Crippen LogP contribution in [-0.2, 0) is 14.4 Å². The summed E-state index contributed by atoms with van der Waals surface area (Å²) < 4.78 is 45.7. The summed E-state index contributed by atoms with van der Waals surface area (Å²) in [6.07, 6.45) is -2.90. The number of oxime groups is 1. The van der Waals surface area contributed by atoms with Crippen molar-refractivity contribution in [1.82, 2.24) is 10.2 Å². The van der Waals surface area contributed by atoms with Crippen LogP contribution in [0.4, 0.5) is 13.2 Å². The van der Waals surface area contributed by atoms with Gasteiger partial charge in [0.05, 0.1) is 0 Å². The molecule has 2 saturated heterocycles. The number of nitrogens with one attached hydrogen (secondary N) is 1. The fourth-order valence-corrected chi connectivity index (χ4v) is 5.43. The van der Waals surface area contributed by atoms with Crippen molar-refractivity contribution in [2.24, 2.45) is 5.16 Å². The van der Waals surface area contributed by atoms with Crippen molar-refractivity contribution in [2.45, 2.75) is 57.8 Å². The Hall–Kier alpha value is -4.02. The summed E-state index contributed by atoms with van der Waals surface area (Å²) in [5.41, 5.74) is 3.45. The highest BCUT2D eigenvalue weighted by Crippen LogP contribution is 2.52. The highest BCUT2D eigenvalue weighted by atomic mass is 19.4. The van der Waals surface area contributed by atoms with Crippen molar-refractivity contribution >= 4 is 23.7 Å². The molecule has 3 aliphatic heterocycles. The number of carbonyl (C=O) groups is 2. The number of rotatable bonds is 3. The molecule has 2 fully saturated rings. The second-order valence-electron chi connectivity index (χ2n) is 8.83. The van der Waals surface area contributed by atoms with Gasteiger partial charge in [0.15, 0.2) is 17.3 Å². The van der Waals surface area contributed by atoms with Gasteiger partial charge in [-0.1, -0.05) is 42.8 Å². The number of ether oxygens (including phenoxy) is 1. The molecule has 2 aromatic carbocycles. The Kier molecular flexibility index (Phi) is 7.66. The van der Waals surface area contributed by atoms with E-state index in [0.29, 0.717) is 41.7 Å². The number of aromatic hydroxyl groups is 1. The Balaban J connectivity index is 0.00000164. The van der Waals surface area contributed by atoms with Crippen LogP contribution >= 0.6 is 0 Å². The quantitative estimate of drug-likeness (QED) is 0.212. The predicted octanol–water partition coefficient (Wildman–Crippen LogP) is 5.10. The number of amides is 2. The van der Waals surface area contributed by atoms with E-state index < -0.39 is 24.2 Å². The van der Waals surface area contributed by atoms with Gasteiger partial charge in [-0.05, 0) is 49.5 Å². The Labute approximate surface area is 217 Å². The Morgan fingerprint density at radius 2 is 1.84 bits per heavy atom. The SMILES string of the molecule is CC.CO/N=C(\NC=O)c1ccc2c(c1)Oc1c(O)cccc1C2=C1CC2CCC(C1)N2C(=O)C(F)(F)F. The zero-order valence-corrected chi connectivity index (χ0v) is 21.1. The van der Waals surface area contributed by atoms with Crippen LogP contribution in [0.5, 0.6) is 17.2 Å². The first-order valence-corrected chi connectivity index (χ1v) is 12.3. The molecule has 2 unspecified atom stereocenters. The Morgan fingerprint density at radius 1 is 1.16 bits per heavy atom. The van der Waals surface area contributed by atoms with E-state index in [-0.39, 0.29) is 30.2 Å². The van der Waals surface area contributed by atoms with E-state index in [2.05, 4.69) is 10.5 Å². The van der Waals surface area contributed by atoms with Crippen LogP contribution in [-0.4, -0.2) is 53.5 Å². The number of benzene rings is 2. The first kappa shape index (κ1) is 27.0.